The van der Waals surface area contributed by atoms with Gasteiger partial charge in [-0.25, -0.2) is 4.98 Å². The molecule has 0 bridgehead atoms. The minimum Gasteiger partial charge on any atom is -0.363 e. The molecule has 4 nitrogen and oxygen atoms in total. The summed E-state index contributed by atoms with van der Waals surface area (Å²) in [4.78, 5) is 16.3. The first kappa shape index (κ1) is 13.1. The van der Waals surface area contributed by atoms with Crippen LogP contribution in [0.15, 0.2) is 17.2 Å². The molecule has 1 unspecified atom stereocenters. The summed E-state index contributed by atoms with van der Waals surface area (Å²) in [6, 6.07) is 0.338. The van der Waals surface area contributed by atoms with Gasteiger partial charge in [0.15, 0.2) is 5.82 Å². The average Bonchev–Trinajstić information content (AvgIpc) is 2.88. The molecule has 1 N–H and O–H groups in total. The van der Waals surface area contributed by atoms with Crippen LogP contribution in [-0.2, 0) is 6.54 Å². The largest absolute Gasteiger partial charge is 0.363 e. The fourth-order valence-electron chi connectivity index (χ4n) is 2.75. The molecule has 2 rings (SSSR count). The number of anilines is 1. The van der Waals surface area contributed by atoms with Gasteiger partial charge in [-0.3, -0.25) is 4.79 Å². The van der Waals surface area contributed by atoms with Crippen molar-refractivity contribution in [3.05, 3.63) is 22.7 Å². The molecule has 1 aliphatic carbocycles. The zero-order chi connectivity index (χ0) is 13.0. The van der Waals surface area contributed by atoms with Gasteiger partial charge >= 0.3 is 0 Å². The van der Waals surface area contributed by atoms with E-state index in [-0.39, 0.29) is 5.56 Å². The topological polar surface area (TPSA) is 46.9 Å². The van der Waals surface area contributed by atoms with Gasteiger partial charge in [-0.05, 0) is 32.1 Å². The third-order valence-electron chi connectivity index (χ3n) is 3.85. The summed E-state index contributed by atoms with van der Waals surface area (Å²) in [5.74, 6) is 1.19. The second-order valence-corrected chi connectivity index (χ2v) is 5.25. The summed E-state index contributed by atoms with van der Waals surface area (Å²) in [5.41, 5.74) is 0.00389. The van der Waals surface area contributed by atoms with Crippen molar-refractivity contribution in [2.24, 2.45) is 5.92 Å². The Kier molecular flexibility index (Phi) is 4.39. The molecule has 0 amide bonds. The van der Waals surface area contributed by atoms with Crippen molar-refractivity contribution in [2.45, 2.75) is 58.5 Å². The molecule has 0 aromatic carbocycles. The zero-order valence-electron chi connectivity index (χ0n) is 11.4. The van der Waals surface area contributed by atoms with Crippen LogP contribution in [-0.4, -0.2) is 15.6 Å². The van der Waals surface area contributed by atoms with E-state index in [4.69, 9.17) is 0 Å². The van der Waals surface area contributed by atoms with Crippen molar-refractivity contribution in [2.75, 3.05) is 5.32 Å². The summed E-state index contributed by atoms with van der Waals surface area (Å²) < 4.78 is 1.73. The number of hydrogen-bond acceptors (Lipinski definition) is 3. The highest BCUT2D eigenvalue weighted by atomic mass is 16.1. The van der Waals surface area contributed by atoms with Crippen LogP contribution < -0.4 is 10.9 Å². The van der Waals surface area contributed by atoms with Gasteiger partial charge in [0.1, 0.15) is 0 Å². The second kappa shape index (κ2) is 6.03. The Labute approximate surface area is 108 Å². The summed E-state index contributed by atoms with van der Waals surface area (Å²) in [7, 11) is 0. The van der Waals surface area contributed by atoms with E-state index in [1.54, 1.807) is 17.0 Å². The van der Waals surface area contributed by atoms with E-state index in [0.29, 0.717) is 17.8 Å². The van der Waals surface area contributed by atoms with Crippen LogP contribution in [0.4, 0.5) is 5.82 Å². The lowest BCUT2D eigenvalue weighted by Crippen LogP contribution is -2.31. The fraction of sp³-hybridized carbons (Fsp3) is 0.714. The first-order chi connectivity index (χ1) is 8.72. The van der Waals surface area contributed by atoms with E-state index in [0.717, 1.165) is 13.0 Å². The lowest BCUT2D eigenvalue weighted by molar-refractivity contribution is 0.480. The van der Waals surface area contributed by atoms with Gasteiger partial charge in [-0.2, -0.15) is 0 Å². The predicted octanol–water partition coefficient (Wildman–Crippen LogP) is 2.64. The maximum absolute atomic E-state index is 12.1. The lowest BCUT2D eigenvalue weighted by atomic mass is 10.00. The monoisotopic (exact) mass is 249 g/mol. The van der Waals surface area contributed by atoms with Gasteiger partial charge in [0.05, 0.1) is 0 Å². The number of aromatic nitrogens is 2. The zero-order valence-corrected chi connectivity index (χ0v) is 11.4. The van der Waals surface area contributed by atoms with Crippen molar-refractivity contribution in [1.82, 2.24) is 9.55 Å². The van der Waals surface area contributed by atoms with Gasteiger partial charge in [0.25, 0.3) is 5.56 Å². The third kappa shape index (κ3) is 2.92. The number of rotatable bonds is 5. The van der Waals surface area contributed by atoms with Crippen LogP contribution in [0.5, 0.6) is 0 Å². The minimum absolute atomic E-state index is 0.00389. The van der Waals surface area contributed by atoms with Crippen LogP contribution in [0.2, 0.25) is 0 Å². The molecule has 18 heavy (non-hydrogen) atoms. The Balaban J connectivity index is 2.08. The minimum atomic E-state index is 0.00389. The summed E-state index contributed by atoms with van der Waals surface area (Å²) >= 11 is 0. The molecular weight excluding hydrogens is 226 g/mol. The van der Waals surface area contributed by atoms with E-state index in [1.165, 1.54) is 25.7 Å². The van der Waals surface area contributed by atoms with Gasteiger partial charge in [-0.1, -0.05) is 19.8 Å². The highest BCUT2D eigenvalue weighted by Crippen LogP contribution is 2.28. The summed E-state index contributed by atoms with van der Waals surface area (Å²) in [6.07, 6.45) is 9.60. The molecule has 1 saturated carbocycles. The Hall–Kier alpha value is -1.32. The van der Waals surface area contributed by atoms with Crippen LogP contribution in [0, 0.1) is 5.92 Å². The van der Waals surface area contributed by atoms with Gasteiger partial charge in [0, 0.05) is 25.0 Å². The molecule has 0 saturated heterocycles. The predicted molar refractivity (Wildman–Crippen MR) is 73.8 cm³/mol. The molecule has 1 fully saturated rings. The first-order valence-electron chi connectivity index (χ1n) is 7.04. The van der Waals surface area contributed by atoms with E-state index >= 15 is 0 Å². The molecule has 0 spiro atoms. The molecule has 0 radical (unpaired) electrons. The van der Waals surface area contributed by atoms with Gasteiger partial charge in [-0.15, -0.1) is 0 Å². The van der Waals surface area contributed by atoms with Crippen LogP contribution in [0.25, 0.3) is 0 Å². The third-order valence-corrected chi connectivity index (χ3v) is 3.85. The number of hydrogen-bond donors (Lipinski definition) is 1. The standard InChI is InChI=1S/C14H23N3O/c1-3-9-17-10-8-15-13(14(17)18)16-11(2)12-6-4-5-7-12/h8,10-12H,3-7,9H2,1-2H3,(H,15,16). The van der Waals surface area contributed by atoms with E-state index < -0.39 is 0 Å². The van der Waals surface area contributed by atoms with E-state index in [1.807, 2.05) is 0 Å². The summed E-state index contributed by atoms with van der Waals surface area (Å²) in [5, 5.41) is 3.31. The van der Waals surface area contributed by atoms with Crippen molar-refractivity contribution < 1.29 is 0 Å². The van der Waals surface area contributed by atoms with Crippen molar-refractivity contribution in [3.63, 3.8) is 0 Å². The maximum atomic E-state index is 12.1. The lowest BCUT2D eigenvalue weighted by Gasteiger charge is -2.20. The Bertz CT molecular complexity index is 435. The van der Waals surface area contributed by atoms with Crippen LogP contribution >= 0.6 is 0 Å². The highest BCUT2D eigenvalue weighted by molar-refractivity contribution is 5.32. The number of nitrogens with one attached hydrogen (secondary N) is 1. The van der Waals surface area contributed by atoms with Gasteiger partial charge < -0.3 is 9.88 Å². The SMILES string of the molecule is CCCn1ccnc(NC(C)C2CCCC2)c1=O. The fourth-order valence-corrected chi connectivity index (χ4v) is 2.75. The van der Waals surface area contributed by atoms with E-state index in [2.05, 4.69) is 24.1 Å². The van der Waals surface area contributed by atoms with Crippen LogP contribution in [0.3, 0.4) is 0 Å². The molecular formula is C14H23N3O. The number of aryl methyl sites for hydroxylation is 1. The Morgan fingerprint density at radius 3 is 2.89 bits per heavy atom. The molecule has 1 aromatic rings. The molecule has 1 atom stereocenters. The molecule has 1 heterocycles. The highest BCUT2D eigenvalue weighted by Gasteiger charge is 2.22. The molecule has 4 heteroatoms. The van der Waals surface area contributed by atoms with Crippen LogP contribution in [0.1, 0.15) is 46.0 Å². The van der Waals surface area contributed by atoms with Crippen molar-refractivity contribution >= 4 is 5.82 Å². The van der Waals surface area contributed by atoms with Gasteiger partial charge in [0.2, 0.25) is 0 Å². The molecule has 100 valence electrons. The Morgan fingerprint density at radius 2 is 2.22 bits per heavy atom. The van der Waals surface area contributed by atoms with E-state index in [9.17, 15) is 4.79 Å². The molecule has 1 aliphatic rings. The quantitative estimate of drug-likeness (QED) is 0.872. The summed E-state index contributed by atoms with van der Waals surface area (Å²) in [6.45, 7) is 4.99. The number of nitrogens with zero attached hydrogens (tertiary/aromatic N) is 2. The Morgan fingerprint density at radius 1 is 1.50 bits per heavy atom. The molecule has 0 aliphatic heterocycles. The van der Waals surface area contributed by atoms with Crippen molar-refractivity contribution in [3.8, 4) is 0 Å². The average molecular weight is 249 g/mol. The maximum Gasteiger partial charge on any atom is 0.293 e. The normalized spacial score (nSPS) is 17.9. The first-order valence-corrected chi connectivity index (χ1v) is 7.04. The smallest absolute Gasteiger partial charge is 0.293 e. The van der Waals surface area contributed by atoms with Crippen molar-refractivity contribution in [1.29, 1.82) is 0 Å². The molecule has 1 aromatic heterocycles. The second-order valence-electron chi connectivity index (χ2n) is 5.25.